The van der Waals surface area contributed by atoms with Gasteiger partial charge in [0.25, 0.3) is 0 Å². The van der Waals surface area contributed by atoms with Crippen LogP contribution in [-0.4, -0.2) is 23.2 Å². The number of hydrogen-bond acceptors (Lipinski definition) is 4. The number of aliphatic hydroxyl groups is 1. The third-order valence-electron chi connectivity index (χ3n) is 2.70. The fourth-order valence-corrected chi connectivity index (χ4v) is 2.76. The minimum Gasteiger partial charge on any atom is -0.396 e. The van der Waals surface area contributed by atoms with Crippen LogP contribution in [0, 0.1) is 5.41 Å². The largest absolute Gasteiger partial charge is 0.396 e. The molecule has 0 radical (unpaired) electrons. The SMILES string of the molecule is NCC1(CO)CC1c1ncc(Cl)s1. The van der Waals surface area contributed by atoms with Crippen molar-refractivity contribution < 1.29 is 5.11 Å². The molecule has 3 nitrogen and oxygen atoms in total. The molecular weight excluding hydrogens is 208 g/mol. The minimum atomic E-state index is -0.110. The van der Waals surface area contributed by atoms with Gasteiger partial charge in [-0.1, -0.05) is 11.6 Å². The third-order valence-corrected chi connectivity index (χ3v) is 3.93. The molecule has 1 aromatic heterocycles. The van der Waals surface area contributed by atoms with E-state index in [1.54, 1.807) is 6.20 Å². The number of halogens is 1. The van der Waals surface area contributed by atoms with Gasteiger partial charge in [-0.05, 0) is 6.42 Å². The van der Waals surface area contributed by atoms with E-state index < -0.39 is 0 Å². The standard InChI is InChI=1S/C8H11ClN2OS/c9-6-2-11-7(13-6)5-1-8(5,3-10)4-12/h2,5,12H,1,3-4,10H2. The van der Waals surface area contributed by atoms with E-state index >= 15 is 0 Å². The molecule has 1 aliphatic carbocycles. The van der Waals surface area contributed by atoms with Crippen LogP contribution in [0.15, 0.2) is 6.20 Å². The van der Waals surface area contributed by atoms with Gasteiger partial charge in [0, 0.05) is 17.9 Å². The van der Waals surface area contributed by atoms with Crippen molar-refractivity contribution >= 4 is 22.9 Å². The maximum Gasteiger partial charge on any atom is 0.113 e. The lowest BCUT2D eigenvalue weighted by Crippen LogP contribution is -2.21. The number of nitrogens with zero attached hydrogens (tertiary/aromatic N) is 1. The highest BCUT2D eigenvalue weighted by Gasteiger charge is 2.54. The van der Waals surface area contributed by atoms with Crippen LogP contribution in [0.3, 0.4) is 0 Å². The first-order valence-corrected chi connectivity index (χ1v) is 5.33. The Kier molecular flexibility index (Phi) is 2.32. The molecule has 13 heavy (non-hydrogen) atoms. The summed E-state index contributed by atoms with van der Waals surface area (Å²) in [6, 6.07) is 0. The summed E-state index contributed by atoms with van der Waals surface area (Å²) in [4.78, 5) is 4.19. The van der Waals surface area contributed by atoms with E-state index in [1.165, 1.54) is 11.3 Å². The molecule has 2 atom stereocenters. The molecule has 1 aromatic rings. The zero-order chi connectivity index (χ0) is 9.47. The summed E-state index contributed by atoms with van der Waals surface area (Å²) >= 11 is 7.25. The molecule has 2 rings (SSSR count). The Labute approximate surface area is 85.5 Å². The predicted octanol–water partition coefficient (Wildman–Crippen LogP) is 1.22. The highest BCUT2D eigenvalue weighted by molar-refractivity contribution is 7.15. The maximum absolute atomic E-state index is 9.16. The average Bonchev–Trinajstić information content (AvgIpc) is 2.74. The highest BCUT2D eigenvalue weighted by Crippen LogP contribution is 2.59. The third kappa shape index (κ3) is 1.48. The Morgan fingerprint density at radius 2 is 2.62 bits per heavy atom. The number of hydrogen-bond donors (Lipinski definition) is 2. The molecule has 1 fully saturated rings. The van der Waals surface area contributed by atoms with Gasteiger partial charge in [-0.3, -0.25) is 0 Å². The lowest BCUT2D eigenvalue weighted by Gasteiger charge is -2.08. The van der Waals surface area contributed by atoms with Crippen molar-refractivity contribution in [1.29, 1.82) is 0 Å². The van der Waals surface area contributed by atoms with Gasteiger partial charge < -0.3 is 10.8 Å². The van der Waals surface area contributed by atoms with E-state index in [1.807, 2.05) is 0 Å². The first-order chi connectivity index (χ1) is 6.22. The Hall–Kier alpha value is -0.160. The van der Waals surface area contributed by atoms with Crippen LogP contribution in [0.4, 0.5) is 0 Å². The van der Waals surface area contributed by atoms with Gasteiger partial charge in [0.05, 0.1) is 17.8 Å². The van der Waals surface area contributed by atoms with Crippen molar-refractivity contribution in [2.45, 2.75) is 12.3 Å². The molecule has 5 heteroatoms. The number of nitrogens with two attached hydrogens (primary N) is 1. The summed E-state index contributed by atoms with van der Waals surface area (Å²) in [5, 5.41) is 10.2. The summed E-state index contributed by atoms with van der Waals surface area (Å²) in [5.41, 5.74) is 5.49. The van der Waals surface area contributed by atoms with Crippen molar-refractivity contribution in [2.24, 2.45) is 11.1 Å². The van der Waals surface area contributed by atoms with Gasteiger partial charge in [-0.15, -0.1) is 11.3 Å². The van der Waals surface area contributed by atoms with Gasteiger partial charge in [0.1, 0.15) is 4.34 Å². The second kappa shape index (κ2) is 3.20. The number of aromatic nitrogens is 1. The van der Waals surface area contributed by atoms with E-state index in [2.05, 4.69) is 4.98 Å². The fraction of sp³-hybridized carbons (Fsp3) is 0.625. The summed E-state index contributed by atoms with van der Waals surface area (Å²) in [6.07, 6.45) is 2.59. The van der Waals surface area contributed by atoms with Crippen molar-refractivity contribution in [1.82, 2.24) is 4.98 Å². The molecule has 1 saturated carbocycles. The summed E-state index contributed by atoms with van der Waals surface area (Å²) in [6.45, 7) is 0.663. The fourth-order valence-electron chi connectivity index (χ4n) is 1.59. The smallest absolute Gasteiger partial charge is 0.113 e. The molecule has 0 aromatic carbocycles. The summed E-state index contributed by atoms with van der Waals surface area (Å²) < 4.78 is 0.700. The van der Waals surface area contributed by atoms with Gasteiger partial charge in [0.2, 0.25) is 0 Å². The number of thiazole rings is 1. The first-order valence-electron chi connectivity index (χ1n) is 4.14. The molecule has 0 bridgehead atoms. The molecule has 0 aliphatic heterocycles. The Morgan fingerprint density at radius 3 is 3.00 bits per heavy atom. The first kappa shape index (κ1) is 9.40. The maximum atomic E-state index is 9.16. The van der Waals surface area contributed by atoms with Crippen molar-refractivity contribution in [3.63, 3.8) is 0 Å². The van der Waals surface area contributed by atoms with Crippen LogP contribution < -0.4 is 5.73 Å². The zero-order valence-corrected chi connectivity index (χ0v) is 8.61. The molecule has 0 amide bonds. The predicted molar refractivity (Wildman–Crippen MR) is 53.1 cm³/mol. The van der Waals surface area contributed by atoms with E-state index in [0.717, 1.165) is 11.4 Å². The van der Waals surface area contributed by atoms with E-state index in [4.69, 9.17) is 22.4 Å². The monoisotopic (exact) mass is 218 g/mol. The quantitative estimate of drug-likeness (QED) is 0.802. The van der Waals surface area contributed by atoms with Gasteiger partial charge in [-0.25, -0.2) is 4.98 Å². The van der Waals surface area contributed by atoms with Crippen LogP contribution in [0.1, 0.15) is 17.3 Å². The second-order valence-corrected chi connectivity index (χ2v) is 5.18. The lowest BCUT2D eigenvalue weighted by molar-refractivity contribution is 0.211. The lowest BCUT2D eigenvalue weighted by atomic mass is 10.1. The van der Waals surface area contributed by atoms with Gasteiger partial charge in [-0.2, -0.15) is 0 Å². The second-order valence-electron chi connectivity index (χ2n) is 3.48. The topological polar surface area (TPSA) is 59.1 Å². The summed E-state index contributed by atoms with van der Waals surface area (Å²) in [5.74, 6) is 0.319. The zero-order valence-electron chi connectivity index (χ0n) is 7.03. The molecule has 1 heterocycles. The molecule has 2 unspecified atom stereocenters. The normalized spacial score (nSPS) is 32.1. The Balaban J connectivity index is 2.14. The average molecular weight is 219 g/mol. The van der Waals surface area contributed by atoms with Crippen molar-refractivity contribution in [3.05, 3.63) is 15.5 Å². The van der Waals surface area contributed by atoms with Crippen LogP contribution >= 0.6 is 22.9 Å². The highest BCUT2D eigenvalue weighted by atomic mass is 35.5. The minimum absolute atomic E-state index is 0.110. The van der Waals surface area contributed by atoms with Gasteiger partial charge >= 0.3 is 0 Å². The molecule has 3 N–H and O–H groups in total. The van der Waals surface area contributed by atoms with Crippen molar-refractivity contribution in [2.75, 3.05) is 13.2 Å². The van der Waals surface area contributed by atoms with Crippen LogP contribution in [0.5, 0.6) is 0 Å². The Morgan fingerprint density at radius 1 is 1.85 bits per heavy atom. The van der Waals surface area contributed by atoms with E-state index in [-0.39, 0.29) is 12.0 Å². The van der Waals surface area contributed by atoms with Crippen molar-refractivity contribution in [3.8, 4) is 0 Å². The van der Waals surface area contributed by atoms with Crippen LogP contribution in [-0.2, 0) is 0 Å². The van der Waals surface area contributed by atoms with Gasteiger partial charge in [0.15, 0.2) is 0 Å². The molecule has 1 aliphatic rings. The van der Waals surface area contributed by atoms with E-state index in [0.29, 0.717) is 16.8 Å². The van der Waals surface area contributed by atoms with Crippen LogP contribution in [0.25, 0.3) is 0 Å². The molecule has 0 saturated heterocycles. The summed E-state index contributed by atoms with van der Waals surface area (Å²) in [7, 11) is 0. The number of aliphatic hydroxyl groups excluding tert-OH is 1. The molecule has 0 spiro atoms. The molecular formula is C8H11ClN2OS. The van der Waals surface area contributed by atoms with E-state index in [9.17, 15) is 0 Å². The van der Waals surface area contributed by atoms with Crippen LogP contribution in [0.2, 0.25) is 4.34 Å². The Bertz CT molecular complexity index is 311. The number of rotatable bonds is 3. The molecule has 72 valence electrons.